The second kappa shape index (κ2) is 11.1. The van der Waals surface area contributed by atoms with E-state index in [1.165, 1.54) is 78.9 Å². The van der Waals surface area contributed by atoms with Gasteiger partial charge in [-0.25, -0.2) is 0 Å². The van der Waals surface area contributed by atoms with Crippen molar-refractivity contribution in [2.24, 2.45) is 0 Å². The van der Waals surface area contributed by atoms with E-state index in [0.29, 0.717) is 11.3 Å². The van der Waals surface area contributed by atoms with Crippen LogP contribution in [0.25, 0.3) is 0 Å². The number of rotatable bonds is 7. The largest absolute Gasteiger partial charge is 0.481 e. The molecule has 3 aromatic carbocycles. The van der Waals surface area contributed by atoms with E-state index in [4.69, 9.17) is 20.6 Å². The summed E-state index contributed by atoms with van der Waals surface area (Å²) in [6.07, 6.45) is -4.30. The van der Waals surface area contributed by atoms with Crippen molar-refractivity contribution in [1.29, 1.82) is 0 Å². The first-order valence-electron chi connectivity index (χ1n) is 12.5. The lowest BCUT2D eigenvalue weighted by atomic mass is 9.92. The molecule has 16 heteroatoms. The van der Waals surface area contributed by atoms with Crippen LogP contribution in [0.3, 0.4) is 0 Å². The maximum atomic E-state index is 15.1. The third-order valence-electron chi connectivity index (χ3n) is 6.79. The topological polar surface area (TPSA) is 52.6 Å². The third kappa shape index (κ3) is 5.11. The van der Waals surface area contributed by atoms with Gasteiger partial charge in [-0.15, -0.1) is 0 Å². The number of hydrogen-bond acceptors (Lipinski definition) is 5. The van der Waals surface area contributed by atoms with Crippen LogP contribution in [0.2, 0.25) is 0 Å². The summed E-state index contributed by atoms with van der Waals surface area (Å²) >= 11 is 5.61. The Kier molecular flexibility index (Phi) is 8.12. The highest BCUT2D eigenvalue weighted by molar-refractivity contribution is 8.15. The van der Waals surface area contributed by atoms with Gasteiger partial charge in [0.15, 0.2) is 14.7 Å². The molecule has 1 atom stereocenters. The van der Waals surface area contributed by atoms with Crippen molar-refractivity contribution in [1.82, 2.24) is 0 Å². The summed E-state index contributed by atoms with van der Waals surface area (Å²) in [7, 11) is -11.5. The first kappa shape index (κ1) is 32.9. The molecule has 0 aromatic heterocycles. The number of hydrogen-bond donors (Lipinski definition) is 0. The van der Waals surface area contributed by atoms with E-state index in [2.05, 4.69) is 0 Å². The Morgan fingerprint density at radius 3 is 1.78 bits per heavy atom. The summed E-state index contributed by atoms with van der Waals surface area (Å²) in [5.41, 5.74) is 0.658. The predicted molar refractivity (Wildman–Crippen MR) is 152 cm³/mol. The number of thiocarbonyl (C=S) groups is 1. The van der Waals surface area contributed by atoms with Crippen LogP contribution < -0.4 is 4.74 Å². The first-order valence-corrected chi connectivity index (χ1v) is 15.9. The first-order chi connectivity index (χ1) is 20.9. The number of halogens is 9. The molecule has 1 aliphatic heterocycles. The van der Waals surface area contributed by atoms with Crippen LogP contribution in [-0.4, -0.2) is 47.5 Å². The highest BCUT2D eigenvalue weighted by Gasteiger charge is 2.86. The van der Waals surface area contributed by atoms with Crippen molar-refractivity contribution in [2.75, 3.05) is 0 Å². The molecule has 0 radical (unpaired) electrons. The van der Waals surface area contributed by atoms with Crippen molar-refractivity contribution in [3.8, 4) is 5.75 Å². The van der Waals surface area contributed by atoms with Crippen LogP contribution >= 0.6 is 12.2 Å². The van der Waals surface area contributed by atoms with Crippen LogP contribution in [0.5, 0.6) is 5.75 Å². The summed E-state index contributed by atoms with van der Waals surface area (Å²) in [5.74, 6) is -14.6. The van der Waals surface area contributed by atoms with E-state index in [1.807, 2.05) is 0 Å². The van der Waals surface area contributed by atoms with Crippen LogP contribution in [0.1, 0.15) is 5.56 Å². The van der Waals surface area contributed by atoms with E-state index < -0.39 is 49.4 Å². The molecule has 4 nitrogen and oxygen atoms in total. The minimum atomic E-state index is -7.49. The number of para-hydroxylation sites is 1. The molecule has 1 unspecified atom stereocenters. The van der Waals surface area contributed by atoms with Gasteiger partial charge in [-0.2, -0.15) is 47.9 Å². The molecular weight excluding hydrogens is 679 g/mol. The van der Waals surface area contributed by atoms with Crippen molar-refractivity contribution in [3.63, 3.8) is 0 Å². The number of fused-ring (bicyclic) bond motifs is 2. The molecule has 1 aliphatic carbocycles. The Morgan fingerprint density at radius 2 is 1.24 bits per heavy atom. The molecule has 0 bridgehead atoms. The average molecular weight is 698 g/mol. The smallest absolute Gasteiger partial charge is 0.460 e. The Morgan fingerprint density at radius 1 is 0.733 bits per heavy atom. The van der Waals surface area contributed by atoms with Crippen molar-refractivity contribution >= 4 is 42.0 Å². The molecule has 238 valence electrons. The highest BCUT2D eigenvalue weighted by Crippen LogP contribution is 2.56. The normalized spacial score (nSPS) is 17.7. The summed E-state index contributed by atoms with van der Waals surface area (Å²) < 4.78 is 163. The minimum Gasteiger partial charge on any atom is -0.481 e. The Labute approximate surface area is 257 Å². The maximum absolute atomic E-state index is 15.1. The molecule has 0 amide bonds. The summed E-state index contributed by atoms with van der Waals surface area (Å²) in [4.78, 5) is -0.469. The molecule has 0 N–H and O–H groups in total. The van der Waals surface area contributed by atoms with Gasteiger partial charge in [0.25, 0.3) is 0 Å². The van der Waals surface area contributed by atoms with Crippen LogP contribution in [0, 0.1) is 0 Å². The number of ether oxygens (including phenoxy) is 1. The van der Waals surface area contributed by atoms with Gasteiger partial charge in [-0.3, -0.25) is 0 Å². The zero-order valence-electron chi connectivity index (χ0n) is 22.2. The van der Waals surface area contributed by atoms with E-state index >= 15 is 8.78 Å². The quantitative estimate of drug-likeness (QED) is 0.143. The molecule has 2 aliphatic rings. The summed E-state index contributed by atoms with van der Waals surface area (Å²) in [6, 6.07) is 19.6. The maximum Gasteiger partial charge on any atom is 0.460 e. The van der Waals surface area contributed by atoms with Gasteiger partial charge < -0.3 is 4.74 Å². The Balaban J connectivity index is 1.82. The van der Waals surface area contributed by atoms with E-state index in [1.54, 1.807) is 24.3 Å². The molecule has 5 rings (SSSR count). The average Bonchev–Trinajstić information content (AvgIpc) is 3.00. The van der Waals surface area contributed by atoms with Gasteiger partial charge in [-0.05, 0) is 48.6 Å². The summed E-state index contributed by atoms with van der Waals surface area (Å²) in [6.45, 7) is 0. The molecule has 0 saturated carbocycles. The number of benzene rings is 3. The molecule has 0 saturated heterocycles. The van der Waals surface area contributed by atoms with E-state index in [-0.39, 0.29) is 25.1 Å². The molecular formula is C29H18F9O4S3+. The fourth-order valence-corrected chi connectivity index (χ4v) is 10.1. The minimum absolute atomic E-state index is 0.197. The molecule has 45 heavy (non-hydrogen) atoms. The number of allylic oxidation sites excluding steroid dienone is 2. The predicted octanol–water partition coefficient (Wildman–Crippen LogP) is 7.79. The van der Waals surface area contributed by atoms with Crippen molar-refractivity contribution in [3.05, 3.63) is 114 Å². The molecule has 1 heterocycles. The highest BCUT2D eigenvalue weighted by atomic mass is 32.3. The lowest BCUT2D eigenvalue weighted by Crippen LogP contribution is -2.63. The lowest BCUT2D eigenvalue weighted by Gasteiger charge is -2.33. The molecule has 3 aromatic rings. The zero-order valence-corrected chi connectivity index (χ0v) is 24.6. The van der Waals surface area contributed by atoms with Gasteiger partial charge in [0.1, 0.15) is 21.8 Å². The van der Waals surface area contributed by atoms with Gasteiger partial charge in [-0.1, -0.05) is 64.4 Å². The SMILES string of the molecule is O=S(=O)(O[S+](=C1C=CC2Oc3ccccc3C(=S)C2=C1)(c1ccccc1)c1ccccc1)C(F)(F)C(F)(F)C(F)(F)C(F)(F)F. The monoisotopic (exact) mass is 697 g/mol. The third-order valence-corrected chi connectivity index (χ3v) is 12.5. The Bertz CT molecular complexity index is 1830. The van der Waals surface area contributed by atoms with Gasteiger partial charge in [0.05, 0.1) is 4.86 Å². The standard InChI is InChI=1S/C29H18F9O4S3/c30-26(31,28(34,35)36)27(32,33)29(37,38)45(39,40)42-44(18-9-3-1-4-10-18,19-11-5-2-6-12-19)20-15-16-24-22(17-20)25(43)21-13-7-8-14-23(21)41-24/h1-17,24H/q+1. The molecule has 0 fully saturated rings. The fourth-order valence-electron chi connectivity index (χ4n) is 4.54. The van der Waals surface area contributed by atoms with Gasteiger partial charge >= 0.3 is 33.4 Å². The number of alkyl halides is 9. The van der Waals surface area contributed by atoms with E-state index in [9.17, 15) is 39.2 Å². The molecule has 0 spiro atoms. The van der Waals surface area contributed by atoms with Gasteiger partial charge in [0.2, 0.25) is 0 Å². The van der Waals surface area contributed by atoms with Crippen LogP contribution in [0.4, 0.5) is 39.5 Å². The van der Waals surface area contributed by atoms with E-state index in [0.717, 1.165) is 0 Å². The zero-order chi connectivity index (χ0) is 33.1. The second-order valence-corrected chi connectivity index (χ2v) is 14.5. The van der Waals surface area contributed by atoms with Crippen molar-refractivity contribution < 1.29 is 56.3 Å². The van der Waals surface area contributed by atoms with Crippen molar-refractivity contribution in [2.45, 2.75) is 39.2 Å². The van der Waals surface area contributed by atoms with Crippen LogP contribution in [0.15, 0.2) is 119 Å². The Hall–Kier alpha value is -3.47. The second-order valence-electron chi connectivity index (χ2n) is 9.59. The van der Waals surface area contributed by atoms with Crippen LogP contribution in [-0.2, 0) is 23.6 Å². The summed E-state index contributed by atoms with van der Waals surface area (Å²) in [5, 5.41) is -7.09. The van der Waals surface area contributed by atoms with Gasteiger partial charge in [0, 0.05) is 17.2 Å². The lowest BCUT2D eigenvalue weighted by molar-refractivity contribution is -0.382. The fraction of sp³-hybridized carbons (Fsp3) is 0.172.